The number of hydrogen-bond donors (Lipinski definition) is 0. The summed E-state index contributed by atoms with van der Waals surface area (Å²) in [4.78, 5) is 0. The lowest BCUT2D eigenvalue weighted by Crippen LogP contribution is -1.98. The van der Waals surface area contributed by atoms with E-state index in [2.05, 4.69) is 24.0 Å². The molecule has 0 aliphatic rings. The first-order chi connectivity index (χ1) is 6.83. The van der Waals surface area contributed by atoms with E-state index in [0.29, 0.717) is 8.58 Å². The molecule has 1 aromatic heterocycles. The summed E-state index contributed by atoms with van der Waals surface area (Å²) in [6, 6.07) is 11.7. The van der Waals surface area contributed by atoms with Crippen LogP contribution in [0.15, 0.2) is 22.7 Å². The van der Waals surface area contributed by atoms with Crippen LogP contribution in [0.3, 0.4) is 0 Å². The summed E-state index contributed by atoms with van der Waals surface area (Å²) in [5.41, 5.74) is 1.86. The number of rotatable bonds is 2. The molecule has 0 bridgehead atoms. The topological polar surface area (TPSA) is 26.0 Å². The highest BCUT2D eigenvalue weighted by molar-refractivity contribution is 7.46. The molecule has 0 N–H and O–H groups in total. The molecule has 70 valence electrons. The van der Waals surface area contributed by atoms with E-state index in [-0.39, 0.29) is 0 Å². The highest BCUT2D eigenvalue weighted by Gasteiger charge is 2.12. The van der Waals surface area contributed by atoms with Crippen molar-refractivity contribution in [2.24, 2.45) is 0 Å². The lowest BCUT2D eigenvalue weighted by atomic mass is 10.2. The van der Waals surface area contributed by atoms with Gasteiger partial charge in [0.2, 0.25) is 0 Å². The third-order valence-corrected chi connectivity index (χ3v) is 3.11. The fraction of sp³-hybridized carbons (Fsp3) is 0.182. The second kappa shape index (κ2) is 3.82. The Morgan fingerprint density at radius 3 is 3.00 bits per heavy atom. The summed E-state index contributed by atoms with van der Waals surface area (Å²) in [5, 5.41) is 5.22. The molecule has 1 unspecified atom stereocenters. The van der Waals surface area contributed by atoms with Crippen molar-refractivity contribution in [2.75, 3.05) is 6.66 Å². The SMILES string of the molecule is CPc1c(-c2c#cccc2)noc1C. The van der Waals surface area contributed by atoms with Crippen LogP contribution in [0.25, 0.3) is 11.3 Å². The van der Waals surface area contributed by atoms with Gasteiger partial charge >= 0.3 is 0 Å². The van der Waals surface area contributed by atoms with Crippen molar-refractivity contribution in [3.05, 3.63) is 36.1 Å². The van der Waals surface area contributed by atoms with Gasteiger partial charge in [-0.1, -0.05) is 31.9 Å². The first-order valence-electron chi connectivity index (χ1n) is 4.35. The standard InChI is InChI=1S/C11H10NOP/c1-8-11(14-2)10(12-13-8)9-6-4-3-5-7-9/h3-4,6,14H,1-2H3. The third-order valence-electron chi connectivity index (χ3n) is 2.02. The van der Waals surface area contributed by atoms with Gasteiger partial charge in [0.25, 0.3) is 0 Å². The second-order valence-corrected chi connectivity index (χ2v) is 3.92. The Kier molecular flexibility index (Phi) is 2.52. The van der Waals surface area contributed by atoms with Crippen LogP contribution in [0.4, 0.5) is 0 Å². The van der Waals surface area contributed by atoms with E-state index < -0.39 is 0 Å². The minimum absolute atomic E-state index is 0.688. The maximum absolute atomic E-state index is 5.16. The molecule has 0 saturated heterocycles. The zero-order valence-electron chi connectivity index (χ0n) is 8.09. The molecule has 1 aromatic carbocycles. The molecule has 0 spiro atoms. The van der Waals surface area contributed by atoms with E-state index in [1.807, 2.05) is 25.1 Å². The number of nitrogens with zero attached hydrogens (tertiary/aromatic N) is 1. The normalized spacial score (nSPS) is 10.7. The summed E-state index contributed by atoms with van der Waals surface area (Å²) in [6.07, 6.45) is 0. The molecule has 2 aromatic rings. The smallest absolute Gasteiger partial charge is 0.141 e. The van der Waals surface area contributed by atoms with Crippen LogP contribution in [0.1, 0.15) is 5.76 Å². The molecule has 1 atom stereocenters. The molecular weight excluding hydrogens is 193 g/mol. The molecule has 0 saturated carbocycles. The molecule has 0 aliphatic heterocycles. The Hall–Kier alpha value is -1.32. The molecule has 3 heteroatoms. The van der Waals surface area contributed by atoms with Gasteiger partial charge in [0.15, 0.2) is 0 Å². The summed E-state index contributed by atoms with van der Waals surface area (Å²) in [5.74, 6) is 0.901. The zero-order valence-corrected chi connectivity index (χ0v) is 9.09. The van der Waals surface area contributed by atoms with Gasteiger partial charge in [0.1, 0.15) is 11.5 Å². The Bertz CT molecular complexity index is 422. The van der Waals surface area contributed by atoms with Crippen LogP contribution in [-0.2, 0) is 0 Å². The van der Waals surface area contributed by atoms with Gasteiger partial charge < -0.3 is 4.52 Å². The van der Waals surface area contributed by atoms with Gasteiger partial charge in [0.05, 0.1) is 5.56 Å². The lowest BCUT2D eigenvalue weighted by molar-refractivity contribution is 0.401. The molecule has 0 aliphatic carbocycles. The van der Waals surface area contributed by atoms with Gasteiger partial charge in [-0.15, -0.1) is 0 Å². The minimum atomic E-state index is 0.688. The van der Waals surface area contributed by atoms with Crippen molar-refractivity contribution < 1.29 is 4.52 Å². The van der Waals surface area contributed by atoms with Gasteiger partial charge in [-0.25, -0.2) is 0 Å². The largest absolute Gasteiger partial charge is 0.360 e. The summed E-state index contributed by atoms with van der Waals surface area (Å²) >= 11 is 0. The first kappa shape index (κ1) is 9.24. The third kappa shape index (κ3) is 1.52. The zero-order chi connectivity index (χ0) is 9.97. The van der Waals surface area contributed by atoms with Crippen LogP contribution < -0.4 is 5.30 Å². The number of aromatic nitrogens is 1. The first-order valence-corrected chi connectivity index (χ1v) is 5.85. The lowest BCUT2D eigenvalue weighted by Gasteiger charge is -1.95. The molecule has 0 fully saturated rings. The van der Waals surface area contributed by atoms with E-state index in [0.717, 1.165) is 17.0 Å². The fourth-order valence-electron chi connectivity index (χ4n) is 1.34. The molecular formula is C11H10NOP. The van der Waals surface area contributed by atoms with Crippen molar-refractivity contribution in [3.8, 4) is 11.3 Å². The Labute approximate surface area is 85.1 Å². The summed E-state index contributed by atoms with van der Waals surface area (Å²) in [6.45, 7) is 4.06. The monoisotopic (exact) mass is 203 g/mol. The molecule has 2 rings (SSSR count). The molecule has 0 radical (unpaired) electrons. The van der Waals surface area contributed by atoms with E-state index in [4.69, 9.17) is 4.52 Å². The number of hydrogen-bond acceptors (Lipinski definition) is 2. The molecule has 1 heterocycles. The van der Waals surface area contributed by atoms with E-state index >= 15 is 0 Å². The molecule has 14 heavy (non-hydrogen) atoms. The van der Waals surface area contributed by atoms with Gasteiger partial charge in [0, 0.05) is 5.30 Å². The van der Waals surface area contributed by atoms with Gasteiger partial charge in [-0.3, -0.25) is 0 Å². The van der Waals surface area contributed by atoms with Crippen LogP contribution >= 0.6 is 8.58 Å². The average molecular weight is 203 g/mol. The second-order valence-electron chi connectivity index (χ2n) is 2.92. The maximum Gasteiger partial charge on any atom is 0.141 e. The Morgan fingerprint density at radius 1 is 1.50 bits per heavy atom. The predicted molar refractivity (Wildman–Crippen MR) is 58.2 cm³/mol. The minimum Gasteiger partial charge on any atom is -0.360 e. The predicted octanol–water partition coefficient (Wildman–Crippen LogP) is 2.18. The van der Waals surface area contributed by atoms with E-state index in [1.54, 1.807) is 0 Å². The van der Waals surface area contributed by atoms with Crippen molar-refractivity contribution in [1.82, 2.24) is 5.16 Å². The van der Waals surface area contributed by atoms with Crippen molar-refractivity contribution in [1.29, 1.82) is 0 Å². The summed E-state index contributed by atoms with van der Waals surface area (Å²) < 4.78 is 5.16. The maximum atomic E-state index is 5.16. The van der Waals surface area contributed by atoms with Crippen LogP contribution in [0.5, 0.6) is 0 Å². The van der Waals surface area contributed by atoms with Gasteiger partial charge in [-0.2, -0.15) is 0 Å². The highest BCUT2D eigenvalue weighted by Crippen LogP contribution is 2.20. The van der Waals surface area contributed by atoms with Crippen molar-refractivity contribution >= 4 is 13.9 Å². The van der Waals surface area contributed by atoms with Crippen LogP contribution in [-0.4, -0.2) is 11.8 Å². The van der Waals surface area contributed by atoms with E-state index in [9.17, 15) is 0 Å². The molecule has 2 nitrogen and oxygen atoms in total. The van der Waals surface area contributed by atoms with Gasteiger partial charge in [-0.05, 0) is 25.7 Å². The quantitative estimate of drug-likeness (QED) is 0.699. The highest BCUT2D eigenvalue weighted by atomic mass is 31.1. The summed E-state index contributed by atoms with van der Waals surface area (Å²) in [7, 11) is 0.688. The van der Waals surface area contributed by atoms with Crippen molar-refractivity contribution in [3.63, 3.8) is 0 Å². The number of aryl methyl sites for hydroxylation is 1. The Morgan fingerprint density at radius 2 is 2.36 bits per heavy atom. The van der Waals surface area contributed by atoms with Crippen LogP contribution in [0, 0.1) is 19.1 Å². The average Bonchev–Trinajstić information content (AvgIpc) is 2.61. The van der Waals surface area contributed by atoms with Crippen LogP contribution in [0.2, 0.25) is 0 Å². The van der Waals surface area contributed by atoms with E-state index in [1.165, 1.54) is 5.30 Å². The Balaban J connectivity index is 2.52. The fourth-order valence-corrected chi connectivity index (χ4v) is 2.16. The molecule has 0 amide bonds. The van der Waals surface area contributed by atoms with Crippen molar-refractivity contribution in [2.45, 2.75) is 6.92 Å².